The maximum absolute atomic E-state index is 2.42. The molecule has 0 fully saturated rings. The number of allylic oxidation sites excluding steroid dienone is 8. The number of hydrogen-bond acceptors (Lipinski definition) is 0. The quantitative estimate of drug-likeness (QED) is 0.468. The van der Waals surface area contributed by atoms with Crippen molar-refractivity contribution in [3.8, 4) is 0 Å². The fourth-order valence-corrected chi connectivity index (χ4v) is 13.5. The maximum atomic E-state index is 2.42. The average molecular weight is 423 g/mol. The fourth-order valence-electron chi connectivity index (χ4n) is 2.24. The Bertz CT molecular complexity index is 308. The minimum absolute atomic E-state index is 0. The Morgan fingerprint density at radius 2 is 1.38 bits per heavy atom. The summed E-state index contributed by atoms with van der Waals surface area (Å²) in [4.78, 5) is 0. The first kappa shape index (κ1) is 16.4. The third kappa shape index (κ3) is 3.72. The van der Waals surface area contributed by atoms with Gasteiger partial charge in [-0.1, -0.05) is 0 Å². The SMILES string of the molecule is C[CH](C)[Hf+2]([C]1=CC=CC1)[C]1=CC=CC1.[Cl-].[Cl-]. The summed E-state index contributed by atoms with van der Waals surface area (Å²) in [5.41, 5.74) is 0. The Labute approximate surface area is 119 Å². The van der Waals surface area contributed by atoms with Crippen LogP contribution in [0.4, 0.5) is 0 Å². The van der Waals surface area contributed by atoms with Gasteiger partial charge in [-0.05, 0) is 0 Å². The van der Waals surface area contributed by atoms with E-state index >= 15 is 0 Å². The summed E-state index contributed by atoms with van der Waals surface area (Å²) in [6.45, 7) is 4.83. The molecule has 2 rings (SSSR count). The van der Waals surface area contributed by atoms with Gasteiger partial charge in [0.05, 0.1) is 0 Å². The van der Waals surface area contributed by atoms with Crippen molar-refractivity contribution in [1.29, 1.82) is 0 Å². The Morgan fingerprint density at radius 3 is 1.62 bits per heavy atom. The zero-order valence-electron chi connectivity index (χ0n) is 9.71. The standard InChI is InChI=1S/2C5H5.C3H7.2ClH.Hf/c2*1-2-4-5-3-1;1-3-2;;;/h2*1-3H,4H2;3H,1-2H3;2*1H;/q;;;;;+2/p-2. The van der Waals surface area contributed by atoms with E-state index < -0.39 is 21.4 Å². The summed E-state index contributed by atoms with van der Waals surface area (Å²) in [7, 11) is 0. The van der Waals surface area contributed by atoms with E-state index in [1.54, 1.807) is 6.66 Å². The smallest absolute Gasteiger partial charge is 1.00 e. The average Bonchev–Trinajstić information content (AvgIpc) is 2.75. The Morgan fingerprint density at radius 1 is 0.938 bits per heavy atom. The molecule has 0 saturated carbocycles. The van der Waals surface area contributed by atoms with Gasteiger partial charge >= 0.3 is 94.9 Å². The Balaban J connectivity index is 0.00000112. The molecule has 87 valence electrons. The van der Waals surface area contributed by atoms with Crippen molar-refractivity contribution < 1.29 is 46.3 Å². The van der Waals surface area contributed by atoms with E-state index in [0.29, 0.717) is 0 Å². The number of rotatable bonds is 3. The van der Waals surface area contributed by atoms with Crippen LogP contribution in [0.25, 0.3) is 0 Å². The van der Waals surface area contributed by atoms with Crippen LogP contribution in [0.5, 0.6) is 0 Å². The molecule has 0 unspecified atom stereocenters. The molecule has 0 aromatic carbocycles. The van der Waals surface area contributed by atoms with Crippen LogP contribution in [0.15, 0.2) is 43.1 Å². The molecule has 16 heavy (non-hydrogen) atoms. The van der Waals surface area contributed by atoms with Gasteiger partial charge in [0.15, 0.2) is 0 Å². The third-order valence-corrected chi connectivity index (χ3v) is 14.6. The minimum atomic E-state index is -1.60. The summed E-state index contributed by atoms with van der Waals surface area (Å²) in [5, 5.41) is 0. The van der Waals surface area contributed by atoms with Crippen LogP contribution in [0.3, 0.4) is 0 Å². The van der Waals surface area contributed by atoms with Crippen LogP contribution in [-0.2, 0) is 21.4 Å². The van der Waals surface area contributed by atoms with Crippen LogP contribution in [-0.4, -0.2) is 0 Å². The van der Waals surface area contributed by atoms with Crippen LogP contribution in [0.2, 0.25) is 3.67 Å². The van der Waals surface area contributed by atoms with E-state index in [1.807, 2.05) is 0 Å². The van der Waals surface area contributed by atoms with E-state index in [0.717, 1.165) is 3.67 Å². The van der Waals surface area contributed by atoms with Crippen LogP contribution in [0.1, 0.15) is 26.7 Å². The molecular weight excluding hydrogens is 406 g/mol. The van der Waals surface area contributed by atoms with Crippen molar-refractivity contribution in [2.75, 3.05) is 0 Å². The summed E-state index contributed by atoms with van der Waals surface area (Å²) < 4.78 is 4.54. The second-order valence-electron chi connectivity index (χ2n) is 4.22. The predicted molar refractivity (Wildman–Crippen MR) is 58.8 cm³/mol. The monoisotopic (exact) mass is 423 g/mol. The normalized spacial score (nSPS) is 16.7. The molecule has 3 heteroatoms. The van der Waals surface area contributed by atoms with Gasteiger partial charge in [0.1, 0.15) is 0 Å². The van der Waals surface area contributed by atoms with Crippen LogP contribution in [0, 0.1) is 0 Å². The topological polar surface area (TPSA) is 0 Å². The van der Waals surface area contributed by atoms with Crippen molar-refractivity contribution in [2.24, 2.45) is 0 Å². The minimum Gasteiger partial charge on any atom is -1.00 e. The second kappa shape index (κ2) is 7.68. The molecule has 0 saturated heterocycles. The number of halogens is 2. The molecule has 0 aromatic rings. The zero-order chi connectivity index (χ0) is 9.97. The fraction of sp³-hybridized carbons (Fsp3) is 0.385. The van der Waals surface area contributed by atoms with Crippen molar-refractivity contribution in [3.05, 3.63) is 43.1 Å². The van der Waals surface area contributed by atoms with Gasteiger partial charge in [-0.15, -0.1) is 0 Å². The van der Waals surface area contributed by atoms with E-state index in [4.69, 9.17) is 0 Å². The molecule has 0 aromatic heterocycles. The van der Waals surface area contributed by atoms with Crippen LogP contribution < -0.4 is 24.8 Å². The summed E-state index contributed by atoms with van der Waals surface area (Å²) in [6, 6.07) is 0. The first-order chi connectivity index (χ1) is 6.79. The van der Waals surface area contributed by atoms with E-state index in [1.165, 1.54) is 12.8 Å². The summed E-state index contributed by atoms with van der Waals surface area (Å²) in [6.07, 6.45) is 16.4. The van der Waals surface area contributed by atoms with E-state index in [-0.39, 0.29) is 24.8 Å². The van der Waals surface area contributed by atoms with Crippen LogP contribution >= 0.6 is 0 Å². The van der Waals surface area contributed by atoms with Gasteiger partial charge in [-0.3, -0.25) is 0 Å². The first-order valence-electron chi connectivity index (χ1n) is 5.38. The molecule has 0 N–H and O–H groups in total. The molecule has 0 radical (unpaired) electrons. The van der Waals surface area contributed by atoms with Crippen molar-refractivity contribution in [2.45, 2.75) is 30.4 Å². The maximum Gasteiger partial charge on any atom is -1.00 e. The van der Waals surface area contributed by atoms with Crippen molar-refractivity contribution in [1.82, 2.24) is 0 Å². The van der Waals surface area contributed by atoms with Gasteiger partial charge in [0.2, 0.25) is 0 Å². The van der Waals surface area contributed by atoms with Gasteiger partial charge in [-0.2, -0.15) is 0 Å². The molecule has 0 spiro atoms. The van der Waals surface area contributed by atoms with Gasteiger partial charge in [-0.25, -0.2) is 0 Å². The molecule has 0 atom stereocenters. The molecule has 0 nitrogen and oxygen atoms in total. The first-order valence-corrected chi connectivity index (χ1v) is 11.0. The Kier molecular flexibility index (Phi) is 7.88. The summed E-state index contributed by atoms with van der Waals surface area (Å²) >= 11 is -1.60. The number of hydrogen-bond donors (Lipinski definition) is 0. The molecule has 0 aliphatic heterocycles. The molecule has 2 aliphatic rings. The van der Waals surface area contributed by atoms with Crippen molar-refractivity contribution in [3.63, 3.8) is 0 Å². The van der Waals surface area contributed by atoms with Gasteiger partial charge in [0, 0.05) is 0 Å². The van der Waals surface area contributed by atoms with Gasteiger partial charge in [0.25, 0.3) is 0 Å². The molecular formula is C13H17Cl2Hf. The molecule has 0 bridgehead atoms. The molecule has 2 aliphatic carbocycles. The molecule has 0 heterocycles. The Hall–Kier alpha value is 0.410. The summed E-state index contributed by atoms with van der Waals surface area (Å²) in [5.74, 6) is 0. The largest absolute Gasteiger partial charge is 1.00 e. The third-order valence-electron chi connectivity index (χ3n) is 2.81. The zero-order valence-corrected chi connectivity index (χ0v) is 14.8. The van der Waals surface area contributed by atoms with Crippen molar-refractivity contribution >= 4 is 0 Å². The molecule has 0 amide bonds. The second-order valence-corrected chi connectivity index (χ2v) is 16.0. The van der Waals surface area contributed by atoms with E-state index in [9.17, 15) is 0 Å². The van der Waals surface area contributed by atoms with Gasteiger partial charge < -0.3 is 24.8 Å². The van der Waals surface area contributed by atoms with E-state index in [2.05, 4.69) is 50.3 Å². The predicted octanol–water partition coefficient (Wildman–Crippen LogP) is -1.87.